The summed E-state index contributed by atoms with van der Waals surface area (Å²) in [6.45, 7) is 4.08. The largest absolute Gasteiger partial charge is 0.457 e. The number of likely N-dealkylation sites (tertiary alicyclic amines) is 1. The summed E-state index contributed by atoms with van der Waals surface area (Å²) in [6, 6.07) is 20.3. The van der Waals surface area contributed by atoms with Crippen molar-refractivity contribution in [3.8, 4) is 22.8 Å². The maximum Gasteiger partial charge on any atom is 0.127 e. The van der Waals surface area contributed by atoms with Gasteiger partial charge in [-0.3, -0.25) is 9.67 Å². The van der Waals surface area contributed by atoms with Crippen molar-refractivity contribution >= 4 is 10.9 Å². The SMILES string of the molecule is CC=CN1CCC(n2ncc3ccnc(-c4ccc(Oc5ccccc5)cc4)c32)C1. The van der Waals surface area contributed by atoms with Gasteiger partial charge in [0.25, 0.3) is 0 Å². The Morgan fingerprint density at radius 3 is 2.60 bits per heavy atom. The fourth-order valence-electron chi connectivity index (χ4n) is 4.10. The molecule has 1 saturated heterocycles. The van der Waals surface area contributed by atoms with Crippen LogP contribution in [0.5, 0.6) is 11.5 Å². The van der Waals surface area contributed by atoms with Crippen molar-refractivity contribution in [1.29, 1.82) is 0 Å². The highest BCUT2D eigenvalue weighted by Crippen LogP contribution is 2.32. The molecule has 5 heteroatoms. The summed E-state index contributed by atoms with van der Waals surface area (Å²) in [6.07, 6.45) is 9.15. The highest BCUT2D eigenvalue weighted by Gasteiger charge is 2.25. The number of rotatable bonds is 5. The summed E-state index contributed by atoms with van der Waals surface area (Å²) < 4.78 is 8.09. The van der Waals surface area contributed by atoms with Gasteiger partial charge in [0, 0.05) is 30.2 Å². The van der Waals surface area contributed by atoms with E-state index < -0.39 is 0 Å². The Labute approximate surface area is 176 Å². The van der Waals surface area contributed by atoms with Crippen LogP contribution in [0.3, 0.4) is 0 Å². The molecule has 0 spiro atoms. The van der Waals surface area contributed by atoms with E-state index in [-0.39, 0.29) is 0 Å². The lowest BCUT2D eigenvalue weighted by Gasteiger charge is -2.15. The number of allylic oxidation sites excluding steroid dienone is 1. The highest BCUT2D eigenvalue weighted by molar-refractivity contribution is 5.91. The molecule has 5 nitrogen and oxygen atoms in total. The Balaban J connectivity index is 1.46. The summed E-state index contributed by atoms with van der Waals surface area (Å²) in [5.41, 5.74) is 3.12. The van der Waals surface area contributed by atoms with Crippen LogP contribution in [0.4, 0.5) is 0 Å². The first-order valence-corrected chi connectivity index (χ1v) is 10.3. The van der Waals surface area contributed by atoms with Gasteiger partial charge in [-0.15, -0.1) is 0 Å². The first-order valence-electron chi connectivity index (χ1n) is 10.3. The van der Waals surface area contributed by atoms with Crippen molar-refractivity contribution in [3.63, 3.8) is 0 Å². The standard InChI is InChI=1S/C25H24N4O/c1-2-15-28-16-13-21(18-28)29-25-20(17-27-29)12-14-26-24(25)19-8-10-23(11-9-19)30-22-6-4-3-5-7-22/h2-12,14-15,17,21H,13,16,18H2,1H3. The predicted octanol–water partition coefficient (Wildman–Crippen LogP) is 5.67. The Bertz CT molecular complexity index is 1160. The fraction of sp³-hybridized carbons (Fsp3) is 0.200. The third-order valence-electron chi connectivity index (χ3n) is 5.51. The molecule has 2 aromatic carbocycles. The molecule has 0 aliphatic carbocycles. The van der Waals surface area contributed by atoms with Crippen LogP contribution in [0, 0.1) is 0 Å². The zero-order valence-corrected chi connectivity index (χ0v) is 17.0. The van der Waals surface area contributed by atoms with E-state index in [4.69, 9.17) is 14.8 Å². The van der Waals surface area contributed by atoms with Gasteiger partial charge in [0.15, 0.2) is 0 Å². The van der Waals surface area contributed by atoms with E-state index in [1.165, 1.54) is 0 Å². The van der Waals surface area contributed by atoms with E-state index in [0.717, 1.165) is 53.2 Å². The molecule has 4 aromatic rings. The molecule has 1 unspecified atom stereocenters. The smallest absolute Gasteiger partial charge is 0.127 e. The normalized spacial score (nSPS) is 16.6. The third kappa shape index (κ3) is 3.54. The zero-order valence-electron chi connectivity index (χ0n) is 17.0. The fourth-order valence-corrected chi connectivity index (χ4v) is 4.10. The lowest BCUT2D eigenvalue weighted by atomic mass is 10.1. The maximum absolute atomic E-state index is 5.93. The minimum atomic E-state index is 0.349. The second-order valence-electron chi connectivity index (χ2n) is 7.55. The van der Waals surface area contributed by atoms with Crippen LogP contribution < -0.4 is 4.74 Å². The number of hydrogen-bond acceptors (Lipinski definition) is 4. The van der Waals surface area contributed by atoms with Crippen molar-refractivity contribution in [2.45, 2.75) is 19.4 Å². The van der Waals surface area contributed by atoms with Crippen LogP contribution >= 0.6 is 0 Å². The molecule has 0 N–H and O–H groups in total. The van der Waals surface area contributed by atoms with Gasteiger partial charge in [0.2, 0.25) is 0 Å². The van der Waals surface area contributed by atoms with Crippen LogP contribution in [0.2, 0.25) is 0 Å². The first kappa shape index (κ1) is 18.4. The molecule has 0 bridgehead atoms. The van der Waals surface area contributed by atoms with Gasteiger partial charge in [-0.2, -0.15) is 5.10 Å². The summed E-state index contributed by atoms with van der Waals surface area (Å²) in [4.78, 5) is 7.07. The van der Waals surface area contributed by atoms with Gasteiger partial charge in [0.05, 0.1) is 23.4 Å². The number of para-hydroxylation sites is 1. The summed E-state index contributed by atoms with van der Waals surface area (Å²) >= 11 is 0. The van der Waals surface area contributed by atoms with E-state index >= 15 is 0 Å². The Morgan fingerprint density at radius 2 is 1.80 bits per heavy atom. The lowest BCUT2D eigenvalue weighted by molar-refractivity contribution is 0.422. The van der Waals surface area contributed by atoms with Crippen LogP contribution in [-0.4, -0.2) is 32.8 Å². The predicted molar refractivity (Wildman–Crippen MR) is 120 cm³/mol. The van der Waals surface area contributed by atoms with E-state index in [1.54, 1.807) is 0 Å². The molecule has 1 aliphatic rings. The number of aromatic nitrogens is 3. The third-order valence-corrected chi connectivity index (χ3v) is 5.51. The monoisotopic (exact) mass is 396 g/mol. The van der Waals surface area contributed by atoms with Crippen molar-refractivity contribution in [2.24, 2.45) is 0 Å². The topological polar surface area (TPSA) is 43.2 Å². The molecule has 5 rings (SSSR count). The van der Waals surface area contributed by atoms with E-state index in [0.29, 0.717) is 6.04 Å². The van der Waals surface area contributed by atoms with Crippen LogP contribution in [-0.2, 0) is 0 Å². The molecule has 1 aliphatic heterocycles. The van der Waals surface area contributed by atoms with Crippen molar-refractivity contribution in [2.75, 3.05) is 13.1 Å². The molecular formula is C25H24N4O. The minimum absolute atomic E-state index is 0.349. The molecule has 2 aromatic heterocycles. The second kappa shape index (κ2) is 8.03. The van der Waals surface area contributed by atoms with Crippen LogP contribution in [0.25, 0.3) is 22.2 Å². The van der Waals surface area contributed by atoms with Crippen molar-refractivity contribution in [1.82, 2.24) is 19.7 Å². The Kier molecular flexibility index (Phi) is 4.93. The average molecular weight is 396 g/mol. The number of ether oxygens (including phenoxy) is 1. The molecular weight excluding hydrogens is 372 g/mol. The molecule has 150 valence electrons. The molecule has 0 radical (unpaired) electrons. The molecule has 0 saturated carbocycles. The number of nitrogens with zero attached hydrogens (tertiary/aromatic N) is 4. The van der Waals surface area contributed by atoms with Gasteiger partial charge in [-0.25, -0.2) is 0 Å². The molecule has 30 heavy (non-hydrogen) atoms. The summed E-state index contributed by atoms with van der Waals surface area (Å²) in [5, 5.41) is 5.85. The first-order chi connectivity index (χ1) is 14.8. The number of hydrogen-bond donors (Lipinski definition) is 0. The summed E-state index contributed by atoms with van der Waals surface area (Å²) in [7, 11) is 0. The van der Waals surface area contributed by atoms with Gasteiger partial charge in [-0.05, 0) is 62.0 Å². The molecule has 0 amide bonds. The highest BCUT2D eigenvalue weighted by atomic mass is 16.5. The quantitative estimate of drug-likeness (QED) is 0.436. The van der Waals surface area contributed by atoms with Crippen molar-refractivity contribution < 1.29 is 4.74 Å². The van der Waals surface area contributed by atoms with Crippen LogP contribution in [0.1, 0.15) is 19.4 Å². The number of fused-ring (bicyclic) bond motifs is 1. The molecule has 3 heterocycles. The minimum Gasteiger partial charge on any atom is -0.457 e. The van der Waals surface area contributed by atoms with E-state index in [9.17, 15) is 0 Å². The van der Waals surface area contributed by atoms with Gasteiger partial charge >= 0.3 is 0 Å². The van der Waals surface area contributed by atoms with Crippen molar-refractivity contribution in [3.05, 3.63) is 85.3 Å². The van der Waals surface area contributed by atoms with Gasteiger partial charge < -0.3 is 9.64 Å². The lowest BCUT2D eigenvalue weighted by Crippen LogP contribution is -2.16. The maximum atomic E-state index is 5.93. The molecule has 1 atom stereocenters. The van der Waals surface area contributed by atoms with E-state index in [2.05, 4.69) is 40.9 Å². The number of benzene rings is 2. The van der Waals surface area contributed by atoms with E-state index in [1.807, 2.05) is 60.9 Å². The van der Waals surface area contributed by atoms with Crippen LogP contribution in [0.15, 0.2) is 85.3 Å². The van der Waals surface area contributed by atoms with Gasteiger partial charge in [0.1, 0.15) is 11.5 Å². The zero-order chi connectivity index (χ0) is 20.3. The second-order valence-corrected chi connectivity index (χ2v) is 7.55. The van der Waals surface area contributed by atoms with Gasteiger partial charge in [-0.1, -0.05) is 24.3 Å². The summed E-state index contributed by atoms with van der Waals surface area (Å²) in [5.74, 6) is 1.64. The molecule has 1 fully saturated rings. The number of pyridine rings is 1. The average Bonchev–Trinajstić information content (AvgIpc) is 3.42. The Morgan fingerprint density at radius 1 is 1.00 bits per heavy atom. The Hall–Kier alpha value is -3.60.